The molecule has 0 aliphatic carbocycles. The monoisotopic (exact) mass is 355 g/mol. The van der Waals surface area contributed by atoms with Crippen LogP contribution in [-0.4, -0.2) is 36.6 Å². The van der Waals surface area contributed by atoms with Gasteiger partial charge in [0.05, 0.1) is 27.7 Å². The van der Waals surface area contributed by atoms with Crippen molar-refractivity contribution in [3.8, 4) is 0 Å². The highest BCUT2D eigenvalue weighted by atomic mass is 32.2. The summed E-state index contributed by atoms with van der Waals surface area (Å²) in [6, 6.07) is 2.88. The molecule has 1 unspecified atom stereocenters. The second kappa shape index (κ2) is 6.95. The first-order chi connectivity index (χ1) is 11.2. The van der Waals surface area contributed by atoms with E-state index >= 15 is 0 Å². The molecule has 0 saturated carbocycles. The van der Waals surface area contributed by atoms with Gasteiger partial charge in [0, 0.05) is 18.0 Å². The van der Waals surface area contributed by atoms with E-state index in [1.54, 1.807) is 4.90 Å². The van der Waals surface area contributed by atoms with E-state index in [-0.39, 0.29) is 17.1 Å². The Hall–Kier alpha value is -2.49. The van der Waals surface area contributed by atoms with E-state index in [0.717, 1.165) is 17.9 Å². The van der Waals surface area contributed by atoms with Crippen molar-refractivity contribution < 1.29 is 18.3 Å². The minimum atomic E-state index is -3.33. The molecular formula is C14H17N3O6S. The first-order valence-corrected chi connectivity index (χ1v) is 9.07. The number of non-ortho nitro benzene ring substituents is 1. The molecule has 0 saturated heterocycles. The summed E-state index contributed by atoms with van der Waals surface area (Å²) in [5.74, 6) is -0.162. The van der Waals surface area contributed by atoms with Crippen molar-refractivity contribution in [3.63, 3.8) is 0 Å². The van der Waals surface area contributed by atoms with Crippen LogP contribution in [-0.2, 0) is 9.84 Å². The fraction of sp³-hybridized carbons (Fsp3) is 0.429. The van der Waals surface area contributed by atoms with Crippen LogP contribution in [0.2, 0.25) is 0 Å². The van der Waals surface area contributed by atoms with Gasteiger partial charge in [0.1, 0.15) is 5.69 Å². The second-order valence-electron chi connectivity index (χ2n) is 5.46. The van der Waals surface area contributed by atoms with Crippen LogP contribution in [0.25, 0.3) is 0 Å². The van der Waals surface area contributed by atoms with Gasteiger partial charge in [0.25, 0.3) is 11.4 Å². The molecule has 0 spiro atoms. The number of benzene rings is 1. The molecule has 130 valence electrons. The van der Waals surface area contributed by atoms with Gasteiger partial charge in [-0.25, -0.2) is 8.42 Å². The molecule has 0 aromatic heterocycles. The smallest absolute Gasteiger partial charge is 0.299 e. The van der Waals surface area contributed by atoms with E-state index < -0.39 is 31.4 Å². The highest BCUT2D eigenvalue weighted by Gasteiger charge is 2.31. The zero-order valence-electron chi connectivity index (χ0n) is 13.0. The second-order valence-corrected chi connectivity index (χ2v) is 7.39. The maximum Gasteiger partial charge on any atom is 0.299 e. The normalized spacial score (nSPS) is 18.5. The molecule has 0 N–H and O–H groups in total. The van der Waals surface area contributed by atoms with Gasteiger partial charge in [-0.05, 0) is 18.6 Å². The lowest BCUT2D eigenvalue weighted by Gasteiger charge is -2.29. The average Bonchev–Trinajstić information content (AvgIpc) is 2.87. The van der Waals surface area contributed by atoms with E-state index in [1.165, 1.54) is 18.2 Å². The summed E-state index contributed by atoms with van der Waals surface area (Å²) in [5, 5.41) is 23.3. The zero-order valence-corrected chi connectivity index (χ0v) is 13.8. The number of nitrogens with zero attached hydrogens (tertiary/aromatic N) is 3. The number of sulfone groups is 1. The fourth-order valence-electron chi connectivity index (χ4n) is 2.56. The first-order valence-electron chi connectivity index (χ1n) is 7.35. The summed E-state index contributed by atoms with van der Waals surface area (Å²) in [7, 11) is -3.33. The Kier molecular flexibility index (Phi) is 5.17. The van der Waals surface area contributed by atoms with Crippen molar-refractivity contribution in [3.05, 3.63) is 49.9 Å². The molecule has 0 fully saturated rings. The van der Waals surface area contributed by atoms with Gasteiger partial charge in [0.15, 0.2) is 9.84 Å². The maximum atomic E-state index is 11.7. The number of hydrogen-bond donors (Lipinski definition) is 0. The predicted octanol–water partition coefficient (Wildman–Crippen LogP) is 2.42. The molecule has 1 heterocycles. The molecule has 24 heavy (non-hydrogen) atoms. The first kappa shape index (κ1) is 17.9. The number of nitro benzene ring substituents is 2. The summed E-state index contributed by atoms with van der Waals surface area (Å²) >= 11 is 0. The number of anilines is 1. The third-order valence-corrected chi connectivity index (χ3v) is 5.12. The van der Waals surface area contributed by atoms with E-state index in [0.29, 0.717) is 13.0 Å². The molecule has 1 atom stereocenters. The Morgan fingerprint density at radius 1 is 1.25 bits per heavy atom. The molecule has 2 rings (SSSR count). The highest BCUT2D eigenvalue weighted by molar-refractivity contribution is 7.94. The van der Waals surface area contributed by atoms with Crippen LogP contribution >= 0.6 is 0 Å². The van der Waals surface area contributed by atoms with Crippen molar-refractivity contribution in [1.82, 2.24) is 0 Å². The van der Waals surface area contributed by atoms with E-state index in [4.69, 9.17) is 0 Å². The Labute approximate surface area is 138 Å². The van der Waals surface area contributed by atoms with Crippen LogP contribution in [0.1, 0.15) is 19.8 Å². The van der Waals surface area contributed by atoms with Gasteiger partial charge in [-0.3, -0.25) is 20.2 Å². The molecule has 0 radical (unpaired) electrons. The fourth-order valence-corrected chi connectivity index (χ4v) is 3.86. The van der Waals surface area contributed by atoms with Crippen molar-refractivity contribution in [2.45, 2.75) is 25.8 Å². The lowest BCUT2D eigenvalue weighted by atomic mass is 10.1. The number of hydrogen-bond acceptors (Lipinski definition) is 7. The Balaban J connectivity index is 2.47. The van der Waals surface area contributed by atoms with Crippen LogP contribution in [0.5, 0.6) is 0 Å². The molecule has 9 nitrogen and oxygen atoms in total. The average molecular weight is 355 g/mol. The maximum absolute atomic E-state index is 11.7. The molecule has 0 amide bonds. The van der Waals surface area contributed by atoms with E-state index in [1.807, 2.05) is 6.92 Å². The SMILES string of the molecule is CCCCN(c1ccc([N+](=O)[O-])cc1[N+](=O)[O-])C1C=CS(=O)(=O)C1. The van der Waals surface area contributed by atoms with Gasteiger partial charge >= 0.3 is 0 Å². The molecular weight excluding hydrogens is 338 g/mol. The molecule has 1 aromatic rings. The van der Waals surface area contributed by atoms with Crippen LogP contribution in [0, 0.1) is 20.2 Å². The highest BCUT2D eigenvalue weighted by Crippen LogP contribution is 2.34. The molecule has 1 aromatic carbocycles. The summed E-state index contributed by atoms with van der Waals surface area (Å²) in [6.07, 6.45) is 3.02. The van der Waals surface area contributed by atoms with Crippen molar-refractivity contribution in [1.29, 1.82) is 0 Å². The third-order valence-electron chi connectivity index (χ3n) is 3.74. The van der Waals surface area contributed by atoms with Gasteiger partial charge in [-0.15, -0.1) is 0 Å². The van der Waals surface area contributed by atoms with Crippen LogP contribution in [0.3, 0.4) is 0 Å². The summed E-state index contributed by atoms with van der Waals surface area (Å²) in [4.78, 5) is 22.4. The third kappa shape index (κ3) is 3.88. The van der Waals surface area contributed by atoms with Crippen LogP contribution in [0.4, 0.5) is 17.1 Å². The minimum Gasteiger partial charge on any atom is -0.358 e. The zero-order chi connectivity index (χ0) is 17.9. The van der Waals surface area contributed by atoms with Crippen molar-refractivity contribution in [2.24, 2.45) is 0 Å². The molecule has 10 heteroatoms. The summed E-state index contributed by atoms with van der Waals surface area (Å²) in [6.45, 7) is 2.36. The van der Waals surface area contributed by atoms with Gasteiger partial charge in [0.2, 0.25) is 0 Å². The standard InChI is InChI=1S/C14H17N3O6S/c1-2-3-7-15(12-6-8-24(22,23)10-12)13-5-4-11(16(18)19)9-14(13)17(20)21/h4-6,8-9,12H,2-3,7,10H2,1H3. The number of nitro groups is 2. The van der Waals surface area contributed by atoms with Crippen LogP contribution in [0.15, 0.2) is 29.7 Å². The topological polar surface area (TPSA) is 124 Å². The Bertz CT molecular complexity index is 790. The molecule has 0 bridgehead atoms. The van der Waals surface area contributed by atoms with Crippen molar-refractivity contribution in [2.75, 3.05) is 17.2 Å². The van der Waals surface area contributed by atoms with Gasteiger partial charge in [-0.2, -0.15) is 0 Å². The number of unbranched alkanes of at least 4 members (excludes halogenated alkanes) is 1. The quantitative estimate of drug-likeness (QED) is 0.543. The van der Waals surface area contributed by atoms with Gasteiger partial charge in [-0.1, -0.05) is 13.3 Å². The lowest BCUT2D eigenvalue weighted by Crippen LogP contribution is -2.37. The minimum absolute atomic E-state index is 0.162. The summed E-state index contributed by atoms with van der Waals surface area (Å²) < 4.78 is 23.4. The molecule has 1 aliphatic heterocycles. The van der Waals surface area contributed by atoms with Gasteiger partial charge < -0.3 is 4.90 Å². The van der Waals surface area contributed by atoms with E-state index in [2.05, 4.69) is 0 Å². The predicted molar refractivity (Wildman–Crippen MR) is 88.7 cm³/mol. The number of rotatable bonds is 7. The van der Waals surface area contributed by atoms with Crippen LogP contribution < -0.4 is 4.90 Å². The Morgan fingerprint density at radius 2 is 1.96 bits per heavy atom. The summed E-state index contributed by atoms with van der Waals surface area (Å²) in [5.41, 5.74) is -0.598. The lowest BCUT2D eigenvalue weighted by molar-refractivity contribution is -0.393. The Morgan fingerprint density at radius 3 is 2.46 bits per heavy atom. The molecule has 1 aliphatic rings. The van der Waals surface area contributed by atoms with Crippen molar-refractivity contribution >= 4 is 26.9 Å². The largest absolute Gasteiger partial charge is 0.358 e. The van der Waals surface area contributed by atoms with E-state index in [9.17, 15) is 28.6 Å².